The molecule has 2 aromatic heterocycles. The van der Waals surface area contributed by atoms with Crippen molar-refractivity contribution in [2.45, 2.75) is 37.3 Å². The van der Waals surface area contributed by atoms with Crippen molar-refractivity contribution in [3.63, 3.8) is 0 Å². The third-order valence-corrected chi connectivity index (χ3v) is 8.58. The van der Waals surface area contributed by atoms with E-state index in [1.807, 2.05) is 35.5 Å². The number of aliphatic hydroxyl groups excluding tert-OH is 1. The van der Waals surface area contributed by atoms with E-state index >= 15 is 0 Å². The van der Waals surface area contributed by atoms with Gasteiger partial charge >= 0.3 is 0 Å². The summed E-state index contributed by atoms with van der Waals surface area (Å²) in [5.74, 6) is 1.24. The first-order valence-corrected chi connectivity index (χ1v) is 13.6. The molecule has 1 amide bonds. The quantitative estimate of drug-likeness (QED) is 0.337. The zero-order chi connectivity index (χ0) is 25.4. The molecule has 0 saturated carbocycles. The third kappa shape index (κ3) is 4.20. The lowest BCUT2D eigenvalue weighted by molar-refractivity contribution is -0.133. The molecule has 4 heterocycles. The zero-order valence-corrected chi connectivity index (χ0v) is 22.1. The highest BCUT2D eigenvalue weighted by atomic mass is 79.9. The van der Waals surface area contributed by atoms with Gasteiger partial charge in [0, 0.05) is 54.3 Å². The zero-order valence-electron chi connectivity index (χ0n) is 20.5. The lowest BCUT2D eigenvalue weighted by Crippen LogP contribution is -2.41. The molecule has 4 aromatic rings. The van der Waals surface area contributed by atoms with Crippen LogP contribution in [0.2, 0.25) is 0 Å². The fourth-order valence-corrected chi connectivity index (χ4v) is 6.40. The largest absolute Gasteiger partial charge is 0.388 e. The number of aliphatic hydroxyl groups is 1. The van der Waals surface area contributed by atoms with Gasteiger partial charge in [-0.25, -0.2) is 4.98 Å². The predicted molar refractivity (Wildman–Crippen MR) is 146 cm³/mol. The van der Waals surface area contributed by atoms with Crippen LogP contribution in [0.5, 0.6) is 0 Å². The normalized spacial score (nSPS) is 19.9. The van der Waals surface area contributed by atoms with Crippen LogP contribution in [0.25, 0.3) is 11.4 Å². The molecule has 1 N–H and O–H groups in total. The number of hydrogen-bond acceptors (Lipinski definition) is 4. The summed E-state index contributed by atoms with van der Waals surface area (Å²) in [6.07, 6.45) is 9.43. The van der Waals surface area contributed by atoms with Gasteiger partial charge in [0.2, 0.25) is 5.91 Å². The van der Waals surface area contributed by atoms with Crippen LogP contribution in [0.15, 0.2) is 89.9 Å². The molecule has 2 aromatic carbocycles. The Morgan fingerprint density at radius 3 is 2.59 bits per heavy atom. The van der Waals surface area contributed by atoms with E-state index in [1.54, 1.807) is 12.4 Å². The highest BCUT2D eigenvalue weighted by Crippen LogP contribution is 2.49. The second kappa shape index (κ2) is 9.88. The number of aromatic nitrogens is 3. The highest BCUT2D eigenvalue weighted by Gasteiger charge is 2.45. The molecular formula is C30H29BrN4O2. The van der Waals surface area contributed by atoms with E-state index in [1.165, 1.54) is 5.56 Å². The summed E-state index contributed by atoms with van der Waals surface area (Å²) in [6.45, 7) is 1.33. The van der Waals surface area contributed by atoms with E-state index in [0.717, 1.165) is 39.8 Å². The maximum Gasteiger partial charge on any atom is 0.222 e. The van der Waals surface area contributed by atoms with Crippen LogP contribution in [0.3, 0.4) is 0 Å². The monoisotopic (exact) mass is 556 g/mol. The second-order valence-corrected chi connectivity index (χ2v) is 10.9. The molecule has 188 valence electrons. The van der Waals surface area contributed by atoms with Gasteiger partial charge in [-0.3, -0.25) is 9.78 Å². The number of benzene rings is 2. The van der Waals surface area contributed by atoms with Gasteiger partial charge in [0.05, 0.1) is 11.6 Å². The van der Waals surface area contributed by atoms with Crippen molar-refractivity contribution < 1.29 is 9.90 Å². The molecule has 2 unspecified atom stereocenters. The van der Waals surface area contributed by atoms with Gasteiger partial charge in [0.15, 0.2) is 0 Å². The molecule has 7 heteroatoms. The van der Waals surface area contributed by atoms with Crippen LogP contribution in [-0.2, 0) is 10.3 Å². The Bertz CT molecular complexity index is 1400. The molecule has 6 rings (SSSR count). The van der Waals surface area contributed by atoms with Gasteiger partial charge in [0.1, 0.15) is 5.82 Å². The number of pyridine rings is 1. The Labute approximate surface area is 225 Å². The van der Waals surface area contributed by atoms with Crippen LogP contribution in [0, 0.1) is 5.92 Å². The SMILES string of the molecule is O=C(CCC1(c2ccc(Br)cc2)c2ccccc2-c2nccn21)N1CCC(C(O)c2cccnc2)CC1. The Hall–Kier alpha value is -3.29. The lowest BCUT2D eigenvalue weighted by Gasteiger charge is -2.36. The average molecular weight is 557 g/mol. The van der Waals surface area contributed by atoms with Gasteiger partial charge in [-0.05, 0) is 60.1 Å². The number of carbonyl (C=O) groups is 1. The van der Waals surface area contributed by atoms with Crippen molar-refractivity contribution in [2.75, 3.05) is 13.1 Å². The van der Waals surface area contributed by atoms with Crippen molar-refractivity contribution in [1.29, 1.82) is 0 Å². The number of imidazole rings is 1. The van der Waals surface area contributed by atoms with Crippen LogP contribution >= 0.6 is 15.9 Å². The second-order valence-electron chi connectivity index (χ2n) is 9.98. The average Bonchev–Trinajstić information content (AvgIpc) is 3.54. The number of piperidine rings is 1. The number of hydrogen-bond donors (Lipinski definition) is 1. The number of likely N-dealkylation sites (tertiary alicyclic amines) is 1. The highest BCUT2D eigenvalue weighted by molar-refractivity contribution is 9.10. The molecule has 37 heavy (non-hydrogen) atoms. The number of carbonyl (C=O) groups excluding carboxylic acids is 1. The summed E-state index contributed by atoms with van der Waals surface area (Å²) in [5.41, 5.74) is 3.80. The van der Waals surface area contributed by atoms with Crippen molar-refractivity contribution in [3.8, 4) is 11.4 Å². The first-order valence-electron chi connectivity index (χ1n) is 12.8. The van der Waals surface area contributed by atoms with Crippen molar-refractivity contribution >= 4 is 21.8 Å². The molecule has 1 saturated heterocycles. The lowest BCUT2D eigenvalue weighted by atomic mass is 9.79. The maximum atomic E-state index is 13.5. The Morgan fingerprint density at radius 2 is 1.84 bits per heavy atom. The Balaban J connectivity index is 1.22. The topological polar surface area (TPSA) is 71.2 Å². The predicted octanol–water partition coefficient (Wildman–Crippen LogP) is 5.57. The minimum Gasteiger partial charge on any atom is -0.388 e. The van der Waals surface area contributed by atoms with Crippen LogP contribution < -0.4 is 0 Å². The smallest absolute Gasteiger partial charge is 0.222 e. The molecule has 1 fully saturated rings. The minimum absolute atomic E-state index is 0.137. The van der Waals surface area contributed by atoms with Crippen molar-refractivity contribution in [3.05, 3.63) is 107 Å². The molecule has 2 atom stereocenters. The van der Waals surface area contributed by atoms with Gasteiger partial charge < -0.3 is 14.6 Å². The molecule has 0 aliphatic carbocycles. The summed E-state index contributed by atoms with van der Waals surface area (Å²) in [7, 11) is 0. The minimum atomic E-state index is -0.540. The molecule has 2 aliphatic heterocycles. The van der Waals surface area contributed by atoms with E-state index in [4.69, 9.17) is 0 Å². The van der Waals surface area contributed by atoms with Crippen molar-refractivity contribution in [1.82, 2.24) is 19.4 Å². The number of rotatable bonds is 6. The van der Waals surface area contributed by atoms with Gasteiger partial charge in [0.25, 0.3) is 0 Å². The summed E-state index contributed by atoms with van der Waals surface area (Å²) in [4.78, 5) is 24.3. The summed E-state index contributed by atoms with van der Waals surface area (Å²) < 4.78 is 3.26. The summed E-state index contributed by atoms with van der Waals surface area (Å²) in [5, 5.41) is 10.8. The molecular weight excluding hydrogens is 528 g/mol. The molecule has 2 aliphatic rings. The molecule has 0 radical (unpaired) electrons. The van der Waals surface area contributed by atoms with E-state index in [9.17, 15) is 9.90 Å². The van der Waals surface area contributed by atoms with Gasteiger partial charge in [-0.15, -0.1) is 0 Å². The third-order valence-electron chi connectivity index (χ3n) is 8.05. The van der Waals surface area contributed by atoms with Crippen LogP contribution in [-0.4, -0.2) is 43.5 Å². The van der Waals surface area contributed by atoms with Gasteiger partial charge in [-0.2, -0.15) is 0 Å². The first kappa shape index (κ1) is 24.1. The number of amides is 1. The Morgan fingerprint density at radius 1 is 1.05 bits per heavy atom. The fourth-order valence-electron chi connectivity index (χ4n) is 6.13. The summed E-state index contributed by atoms with van der Waals surface area (Å²) >= 11 is 3.57. The van der Waals surface area contributed by atoms with E-state index in [0.29, 0.717) is 25.9 Å². The number of nitrogens with zero attached hydrogens (tertiary/aromatic N) is 4. The van der Waals surface area contributed by atoms with Crippen LogP contribution in [0.1, 0.15) is 48.5 Å². The van der Waals surface area contributed by atoms with Crippen molar-refractivity contribution in [2.24, 2.45) is 5.92 Å². The van der Waals surface area contributed by atoms with E-state index in [-0.39, 0.29) is 11.8 Å². The van der Waals surface area contributed by atoms with E-state index < -0.39 is 11.6 Å². The standard InChI is InChI=1S/C30H29BrN4O2/c31-24-9-7-23(8-10-24)30(26-6-2-1-5-25(26)29-33-16-19-35(29)30)14-11-27(36)34-17-12-21(13-18-34)28(37)22-4-3-15-32-20-22/h1-10,15-16,19-21,28,37H,11-14,17-18H2. The molecule has 0 spiro atoms. The van der Waals surface area contributed by atoms with Gasteiger partial charge in [-0.1, -0.05) is 58.4 Å². The number of halogens is 1. The maximum absolute atomic E-state index is 13.5. The molecule has 6 nitrogen and oxygen atoms in total. The summed E-state index contributed by atoms with van der Waals surface area (Å²) in [6, 6.07) is 20.6. The first-order chi connectivity index (χ1) is 18.1. The Kier molecular flexibility index (Phi) is 6.42. The number of fused-ring (bicyclic) bond motifs is 3. The fraction of sp³-hybridized carbons (Fsp3) is 0.300. The van der Waals surface area contributed by atoms with E-state index in [2.05, 4.69) is 72.9 Å². The molecule has 0 bridgehead atoms. The van der Waals surface area contributed by atoms with Crippen LogP contribution in [0.4, 0.5) is 0 Å².